The molecule has 0 unspecified atom stereocenters. The zero-order valence-corrected chi connectivity index (χ0v) is 10.8. The van der Waals surface area contributed by atoms with Crippen LogP contribution in [0.5, 0.6) is 0 Å². The minimum Gasteiger partial charge on any atom is -0.464 e. The van der Waals surface area contributed by atoms with Crippen molar-refractivity contribution in [3.05, 3.63) is 33.8 Å². The van der Waals surface area contributed by atoms with Gasteiger partial charge in [-0.2, -0.15) is 11.3 Å². The molecule has 0 atom stereocenters. The standard InChI is InChI=1S/C11H14N4O2S/c1-17-11(16)10-9(2-4-12)15(14-13-10)6-8-3-5-18-7-8/h3,5,7H,2,4,6,12H2,1H3. The van der Waals surface area contributed by atoms with Gasteiger partial charge < -0.3 is 10.5 Å². The molecule has 2 heterocycles. The highest BCUT2D eigenvalue weighted by Gasteiger charge is 2.19. The van der Waals surface area contributed by atoms with E-state index in [4.69, 9.17) is 5.73 Å². The number of ether oxygens (including phenoxy) is 1. The van der Waals surface area contributed by atoms with Crippen LogP contribution in [0.3, 0.4) is 0 Å². The van der Waals surface area contributed by atoms with Gasteiger partial charge in [0.15, 0.2) is 5.69 Å². The molecule has 7 heteroatoms. The zero-order chi connectivity index (χ0) is 13.0. The summed E-state index contributed by atoms with van der Waals surface area (Å²) in [4.78, 5) is 11.5. The molecule has 2 aromatic rings. The van der Waals surface area contributed by atoms with Gasteiger partial charge in [-0.25, -0.2) is 9.48 Å². The van der Waals surface area contributed by atoms with Crippen LogP contribution in [0.1, 0.15) is 21.7 Å². The number of methoxy groups -OCH3 is 1. The topological polar surface area (TPSA) is 83.0 Å². The summed E-state index contributed by atoms with van der Waals surface area (Å²) in [6.07, 6.45) is 0.543. The summed E-state index contributed by atoms with van der Waals surface area (Å²) in [5.41, 5.74) is 7.64. The van der Waals surface area contributed by atoms with Crippen molar-refractivity contribution in [3.8, 4) is 0 Å². The Bertz CT molecular complexity index is 521. The molecule has 0 fully saturated rings. The van der Waals surface area contributed by atoms with Gasteiger partial charge in [0.1, 0.15) is 0 Å². The number of thiophene rings is 1. The first-order valence-corrected chi connectivity index (χ1v) is 6.42. The molecule has 0 bridgehead atoms. The number of rotatable bonds is 5. The van der Waals surface area contributed by atoms with Crippen molar-refractivity contribution in [3.63, 3.8) is 0 Å². The Labute approximate surface area is 108 Å². The predicted molar refractivity (Wildman–Crippen MR) is 67.5 cm³/mol. The molecular weight excluding hydrogens is 252 g/mol. The van der Waals surface area contributed by atoms with Crippen molar-refractivity contribution < 1.29 is 9.53 Å². The van der Waals surface area contributed by atoms with E-state index in [-0.39, 0.29) is 5.69 Å². The number of nitrogens with two attached hydrogens (primary N) is 1. The maximum absolute atomic E-state index is 11.5. The molecular formula is C11H14N4O2S. The van der Waals surface area contributed by atoms with Crippen LogP contribution in [0.2, 0.25) is 0 Å². The van der Waals surface area contributed by atoms with Crippen molar-refractivity contribution in [1.82, 2.24) is 15.0 Å². The van der Waals surface area contributed by atoms with E-state index < -0.39 is 5.97 Å². The Morgan fingerprint density at radius 2 is 2.44 bits per heavy atom. The Morgan fingerprint density at radius 3 is 3.06 bits per heavy atom. The number of hydrogen-bond donors (Lipinski definition) is 1. The van der Waals surface area contributed by atoms with E-state index in [0.717, 1.165) is 11.3 Å². The van der Waals surface area contributed by atoms with Gasteiger partial charge in [0, 0.05) is 6.42 Å². The van der Waals surface area contributed by atoms with E-state index in [2.05, 4.69) is 15.0 Å². The molecule has 96 valence electrons. The minimum atomic E-state index is -0.477. The number of carbonyl (C=O) groups excluding carboxylic acids is 1. The largest absolute Gasteiger partial charge is 0.464 e. The molecule has 0 saturated heterocycles. The van der Waals surface area contributed by atoms with Gasteiger partial charge in [-0.15, -0.1) is 5.10 Å². The summed E-state index contributed by atoms with van der Waals surface area (Å²) >= 11 is 1.62. The van der Waals surface area contributed by atoms with Crippen LogP contribution in [0, 0.1) is 0 Å². The van der Waals surface area contributed by atoms with Gasteiger partial charge in [-0.3, -0.25) is 0 Å². The fourth-order valence-electron chi connectivity index (χ4n) is 1.65. The average molecular weight is 266 g/mol. The lowest BCUT2D eigenvalue weighted by atomic mass is 10.2. The normalized spacial score (nSPS) is 10.6. The van der Waals surface area contributed by atoms with Crippen LogP contribution < -0.4 is 5.73 Å². The van der Waals surface area contributed by atoms with Crippen molar-refractivity contribution in [2.45, 2.75) is 13.0 Å². The molecule has 0 aliphatic heterocycles. The first-order valence-electron chi connectivity index (χ1n) is 5.48. The highest BCUT2D eigenvalue weighted by atomic mass is 32.1. The number of esters is 1. The van der Waals surface area contributed by atoms with E-state index in [9.17, 15) is 4.79 Å². The lowest BCUT2D eigenvalue weighted by molar-refractivity contribution is 0.0592. The smallest absolute Gasteiger partial charge is 0.360 e. The second-order valence-electron chi connectivity index (χ2n) is 3.70. The van der Waals surface area contributed by atoms with Gasteiger partial charge in [-0.05, 0) is 28.9 Å². The van der Waals surface area contributed by atoms with Crippen LogP contribution in [-0.2, 0) is 17.7 Å². The minimum absolute atomic E-state index is 0.248. The second kappa shape index (κ2) is 5.74. The van der Waals surface area contributed by atoms with Crippen LogP contribution in [-0.4, -0.2) is 34.6 Å². The number of hydrogen-bond acceptors (Lipinski definition) is 6. The lowest BCUT2D eigenvalue weighted by Crippen LogP contribution is -2.14. The third-order valence-corrected chi connectivity index (χ3v) is 3.24. The molecule has 18 heavy (non-hydrogen) atoms. The molecule has 6 nitrogen and oxygen atoms in total. The first-order chi connectivity index (χ1) is 8.76. The zero-order valence-electron chi connectivity index (χ0n) is 10.00. The third kappa shape index (κ3) is 2.57. The maximum atomic E-state index is 11.5. The van der Waals surface area contributed by atoms with E-state index in [0.29, 0.717) is 19.5 Å². The molecule has 0 spiro atoms. The number of nitrogens with zero attached hydrogens (tertiary/aromatic N) is 3. The number of aromatic nitrogens is 3. The van der Waals surface area contributed by atoms with Gasteiger partial charge in [0.25, 0.3) is 0 Å². The molecule has 0 aliphatic carbocycles. The van der Waals surface area contributed by atoms with Gasteiger partial charge in [-0.1, -0.05) is 5.21 Å². The molecule has 0 aromatic carbocycles. The summed E-state index contributed by atoms with van der Waals surface area (Å²) in [6, 6.07) is 2.01. The van der Waals surface area contributed by atoms with Gasteiger partial charge >= 0.3 is 5.97 Å². The Morgan fingerprint density at radius 1 is 1.61 bits per heavy atom. The van der Waals surface area contributed by atoms with E-state index in [1.54, 1.807) is 16.0 Å². The van der Waals surface area contributed by atoms with Crippen LogP contribution in [0.25, 0.3) is 0 Å². The van der Waals surface area contributed by atoms with Crippen molar-refractivity contribution in [2.75, 3.05) is 13.7 Å². The SMILES string of the molecule is COC(=O)c1nnn(Cc2ccsc2)c1CCN. The fourth-order valence-corrected chi connectivity index (χ4v) is 2.31. The van der Waals surface area contributed by atoms with Crippen LogP contribution in [0.15, 0.2) is 16.8 Å². The van der Waals surface area contributed by atoms with Crippen molar-refractivity contribution >= 4 is 17.3 Å². The quantitative estimate of drug-likeness (QED) is 0.804. The van der Waals surface area contributed by atoms with Crippen LogP contribution >= 0.6 is 11.3 Å². The van der Waals surface area contributed by atoms with Crippen LogP contribution in [0.4, 0.5) is 0 Å². The van der Waals surface area contributed by atoms with E-state index in [1.165, 1.54) is 7.11 Å². The molecule has 0 radical (unpaired) electrons. The van der Waals surface area contributed by atoms with Gasteiger partial charge in [0.2, 0.25) is 0 Å². The molecule has 2 rings (SSSR count). The summed E-state index contributed by atoms with van der Waals surface area (Å²) in [5.74, 6) is -0.477. The highest BCUT2D eigenvalue weighted by molar-refractivity contribution is 7.07. The molecule has 2 aromatic heterocycles. The third-order valence-electron chi connectivity index (χ3n) is 2.51. The average Bonchev–Trinajstić information content (AvgIpc) is 3.01. The van der Waals surface area contributed by atoms with Crippen molar-refractivity contribution in [1.29, 1.82) is 0 Å². The maximum Gasteiger partial charge on any atom is 0.360 e. The van der Waals surface area contributed by atoms with E-state index >= 15 is 0 Å². The highest BCUT2D eigenvalue weighted by Crippen LogP contribution is 2.12. The Hall–Kier alpha value is -1.73. The van der Waals surface area contributed by atoms with Gasteiger partial charge in [0.05, 0.1) is 19.3 Å². The fraction of sp³-hybridized carbons (Fsp3) is 0.364. The van der Waals surface area contributed by atoms with E-state index in [1.807, 2.05) is 16.8 Å². The summed E-state index contributed by atoms with van der Waals surface area (Å²) < 4.78 is 6.37. The predicted octanol–water partition coefficient (Wildman–Crippen LogP) is 0.676. The molecule has 2 N–H and O–H groups in total. The lowest BCUT2D eigenvalue weighted by Gasteiger charge is -2.05. The summed E-state index contributed by atoms with van der Waals surface area (Å²) in [5, 5.41) is 11.9. The molecule has 0 saturated carbocycles. The molecule has 0 aliphatic rings. The number of carbonyl (C=O) groups is 1. The molecule has 0 amide bonds. The van der Waals surface area contributed by atoms with Crippen molar-refractivity contribution in [2.24, 2.45) is 5.73 Å². The second-order valence-corrected chi connectivity index (χ2v) is 4.48. The summed E-state index contributed by atoms with van der Waals surface area (Å²) in [6.45, 7) is 1.02. The summed E-state index contributed by atoms with van der Waals surface area (Å²) in [7, 11) is 1.33. The Balaban J connectivity index is 2.29. The Kier molecular flexibility index (Phi) is 4.06. The first kappa shape index (κ1) is 12.7. The monoisotopic (exact) mass is 266 g/mol.